The molecule has 17 nitrogen and oxygen atoms in total. The molecule has 0 spiro atoms. The Morgan fingerprint density at radius 3 is 1.67 bits per heavy atom. The first-order valence-corrected chi connectivity index (χ1v) is 22.2. The lowest BCUT2D eigenvalue weighted by Crippen LogP contribution is -2.21. The van der Waals surface area contributed by atoms with Crippen LogP contribution in [0.1, 0.15) is 76.1 Å². The van der Waals surface area contributed by atoms with Crippen LogP contribution in [0.2, 0.25) is 0 Å². The Bertz CT molecular complexity index is 3150. The molecule has 0 unspecified atom stereocenters. The molecule has 5 aromatic heterocycles. The van der Waals surface area contributed by atoms with Crippen molar-refractivity contribution in [3.05, 3.63) is 122 Å². The topological polar surface area (TPSA) is 231 Å². The lowest BCUT2D eigenvalue weighted by atomic mass is 9.89. The zero-order valence-corrected chi connectivity index (χ0v) is 41.4. The quantitative estimate of drug-likeness (QED) is 0.0233. The summed E-state index contributed by atoms with van der Waals surface area (Å²) >= 11 is 3.07. The van der Waals surface area contributed by atoms with Gasteiger partial charge in [-0.1, -0.05) is 0 Å². The molecule has 0 saturated carbocycles. The van der Waals surface area contributed by atoms with E-state index >= 15 is 0 Å². The molecular weight excluding hydrogens is 884 g/mol. The van der Waals surface area contributed by atoms with Gasteiger partial charge >= 0.3 is 0 Å². The van der Waals surface area contributed by atoms with Crippen molar-refractivity contribution in [2.75, 3.05) is 26.7 Å². The Labute approximate surface area is 390 Å². The number of imidazole rings is 2. The van der Waals surface area contributed by atoms with Gasteiger partial charge in [-0.25, -0.2) is 20.5 Å². The molecule has 7 aromatic rings. The zero-order chi connectivity index (χ0) is 49.4. The molecule has 2 aromatic carbocycles. The molecule has 7 rings (SSSR count). The summed E-state index contributed by atoms with van der Waals surface area (Å²) in [6.07, 6.45) is 4.74. The predicted octanol–water partition coefficient (Wildman–Crippen LogP) is 10.1. The third kappa shape index (κ3) is 9.10. The number of anilines is 1. The Kier molecular flexibility index (Phi) is 14.8. The number of pyridine rings is 1. The number of carbonyl (C=O) groups is 1. The molecule has 0 amide bonds. The van der Waals surface area contributed by atoms with Crippen LogP contribution in [0.15, 0.2) is 35.6 Å². The van der Waals surface area contributed by atoms with Crippen LogP contribution in [-0.2, 0) is 0 Å². The van der Waals surface area contributed by atoms with Crippen molar-refractivity contribution in [2.45, 2.75) is 83.1 Å². The highest BCUT2D eigenvalue weighted by atomic mass is 32.1. The average Bonchev–Trinajstić information content (AvgIpc) is 3.96. The molecule has 0 aliphatic heterocycles. The van der Waals surface area contributed by atoms with E-state index in [-0.39, 0.29) is 38.8 Å². The number of hydrogen-bond acceptors (Lipinski definition) is 13. The second-order valence-corrected chi connectivity index (χ2v) is 18.5. The summed E-state index contributed by atoms with van der Waals surface area (Å²) in [4.78, 5) is 58.8. The van der Waals surface area contributed by atoms with Crippen molar-refractivity contribution in [3.63, 3.8) is 0 Å². The highest BCUT2D eigenvalue weighted by molar-refractivity contribution is 7.17. The number of aryl methyl sites for hydroxylation is 4. The second-order valence-electron chi connectivity index (χ2n) is 16.1. The van der Waals surface area contributed by atoms with E-state index < -0.39 is 0 Å². The smallest absolute Gasteiger partial charge is 0.276 e. The molecule has 5 heterocycles. The minimum absolute atomic E-state index is 0.0830. The van der Waals surface area contributed by atoms with E-state index in [2.05, 4.69) is 9.98 Å². The van der Waals surface area contributed by atoms with Crippen LogP contribution in [0.25, 0.3) is 43.7 Å². The number of halogens is 1. The number of benzene rings is 2. The van der Waals surface area contributed by atoms with Crippen molar-refractivity contribution < 1.29 is 19.1 Å². The highest BCUT2D eigenvalue weighted by Gasteiger charge is 2.31. The van der Waals surface area contributed by atoms with Gasteiger partial charge in [-0.15, -0.1) is 27.2 Å². The number of nitrogens with zero attached hydrogens (tertiary/aromatic N) is 9. The number of carbonyl (C=O) groups excluding carboxylic acids is 1. The van der Waals surface area contributed by atoms with Gasteiger partial charge in [0, 0.05) is 99.7 Å². The number of hydrogen-bond donors (Lipinski definition) is 3. The maximum absolute atomic E-state index is 13.3. The van der Waals surface area contributed by atoms with Crippen LogP contribution in [0, 0.1) is 103 Å². The molecule has 348 valence electrons. The van der Waals surface area contributed by atoms with Gasteiger partial charge in [-0.2, -0.15) is 0 Å². The maximum Gasteiger partial charge on any atom is 0.276 e. The van der Waals surface area contributed by atoms with Gasteiger partial charge in [-0.3, -0.25) is 38.8 Å². The summed E-state index contributed by atoms with van der Waals surface area (Å²) in [5, 5.41) is 23.7. The molecule has 5 N–H and O–H groups in total. The summed E-state index contributed by atoms with van der Waals surface area (Å²) in [5.74, 6) is 0.0271. The number of thiazole rings is 2. The number of fused-ring (bicyclic) bond motifs is 2. The Morgan fingerprint density at radius 2 is 1.21 bits per heavy atom. The van der Waals surface area contributed by atoms with Gasteiger partial charge in [0.1, 0.15) is 11.4 Å². The van der Waals surface area contributed by atoms with Crippen LogP contribution >= 0.6 is 22.7 Å². The lowest BCUT2D eigenvalue weighted by Gasteiger charge is -2.16. The van der Waals surface area contributed by atoms with Crippen molar-refractivity contribution in [2.24, 2.45) is 16.5 Å². The maximum atomic E-state index is 13.3. The SMILES string of the molecule is CN=C(N)N.Cc1sc2nc(-c3c(C)c(C)c(C)c([N+](=O)[O-])c3C)c(-c3ccnc(NF)c3)n2c1C.Cc1sc2nc(-c3c(C)c(C)c(C)c([N+](=O)[O-])c3C)c(C(=O)/C=C/N(C)C)n2c1C. The molecule has 66 heavy (non-hydrogen) atoms. The van der Waals surface area contributed by atoms with Crippen LogP contribution in [-0.4, -0.2) is 71.4 Å². The van der Waals surface area contributed by atoms with E-state index in [0.29, 0.717) is 49.9 Å². The Balaban J connectivity index is 0.000000225. The lowest BCUT2D eigenvalue weighted by molar-refractivity contribution is -0.386. The Hall–Kier alpha value is -7.06. The fraction of sp³-hybridized carbons (Fsp3) is 0.326. The molecule has 0 saturated heterocycles. The number of ketones is 1. The van der Waals surface area contributed by atoms with Gasteiger partial charge in [0.15, 0.2) is 21.7 Å². The summed E-state index contributed by atoms with van der Waals surface area (Å²) < 4.78 is 17.0. The largest absolute Gasteiger partial charge is 0.383 e. The molecule has 0 radical (unpaired) electrons. The standard InChI is InChI=1S/C22H22FN5O2S.C22H26N4O3S.C2H7N3/c1-10-11(2)18(13(4)20(12(10)3)28(29)30)19-21(16-7-8-24-17(9-16)26-23)27-14(5)15(6)31-22(27)25-19;1-11-12(2)18(14(4)20(13(11)3)26(28)29)19-21(17(27)9-10-24(7)8)25-15(5)16(6)30-22(25)23-19;1-5-2(3)4/h7-9H,1-6H3,(H,24,26);9-10H,1-8H3;1H3,(H4,3,4,5)/b;10-9+;. The number of nitro groups is 2. The monoisotopic (exact) mass is 938 g/mol. The second kappa shape index (κ2) is 19.6. The van der Waals surface area contributed by atoms with E-state index in [1.807, 2.05) is 78.3 Å². The number of aliphatic imine (C=N–C) groups is 1. The van der Waals surface area contributed by atoms with Crippen molar-refractivity contribution in [1.82, 2.24) is 28.7 Å². The van der Waals surface area contributed by atoms with Crippen LogP contribution in [0.4, 0.5) is 21.7 Å². The first-order chi connectivity index (χ1) is 30.9. The van der Waals surface area contributed by atoms with E-state index in [1.54, 1.807) is 67.8 Å². The zero-order valence-electron chi connectivity index (χ0n) is 39.8. The summed E-state index contributed by atoms with van der Waals surface area (Å²) in [6.45, 7) is 22.7. The van der Waals surface area contributed by atoms with E-state index in [1.165, 1.54) is 30.7 Å². The highest BCUT2D eigenvalue weighted by Crippen LogP contribution is 2.45. The van der Waals surface area contributed by atoms with Gasteiger partial charge in [0.2, 0.25) is 5.78 Å². The van der Waals surface area contributed by atoms with E-state index in [4.69, 9.17) is 21.4 Å². The number of aromatic nitrogens is 5. The van der Waals surface area contributed by atoms with E-state index in [9.17, 15) is 29.5 Å². The molecule has 0 bridgehead atoms. The van der Waals surface area contributed by atoms with Gasteiger partial charge in [0.25, 0.3) is 11.4 Å². The molecular formula is C46H55FN12O5S2. The first-order valence-electron chi connectivity index (χ1n) is 20.6. The third-order valence-electron chi connectivity index (χ3n) is 12.0. The van der Waals surface area contributed by atoms with Crippen molar-refractivity contribution in [3.8, 4) is 33.8 Å². The number of guanidine groups is 1. The van der Waals surface area contributed by atoms with Crippen LogP contribution in [0.3, 0.4) is 0 Å². The normalized spacial score (nSPS) is 11.1. The van der Waals surface area contributed by atoms with E-state index in [0.717, 1.165) is 65.2 Å². The van der Waals surface area contributed by atoms with Gasteiger partial charge in [0.05, 0.1) is 21.2 Å². The summed E-state index contributed by atoms with van der Waals surface area (Å²) in [5.41, 5.74) is 23.8. The fourth-order valence-electron chi connectivity index (χ4n) is 7.98. The minimum atomic E-state index is -0.345. The fourth-order valence-corrected chi connectivity index (χ4v) is 9.91. The van der Waals surface area contributed by atoms with Crippen molar-refractivity contribution >= 4 is 61.5 Å². The number of rotatable bonds is 9. The molecule has 0 aliphatic carbocycles. The van der Waals surface area contributed by atoms with Crippen LogP contribution in [0.5, 0.6) is 0 Å². The van der Waals surface area contributed by atoms with Crippen LogP contribution < -0.4 is 17.0 Å². The molecule has 20 heteroatoms. The number of allylic oxidation sites excluding steroid dienone is 1. The number of nitrogens with one attached hydrogen (secondary N) is 1. The first kappa shape index (κ1) is 49.9. The Morgan fingerprint density at radius 1 is 0.758 bits per heavy atom. The van der Waals surface area contributed by atoms with Crippen molar-refractivity contribution in [1.29, 1.82) is 0 Å². The number of nitro benzene ring substituents is 2. The minimum Gasteiger partial charge on any atom is -0.383 e. The average molecular weight is 939 g/mol. The molecule has 0 aliphatic rings. The summed E-state index contributed by atoms with van der Waals surface area (Å²) in [6, 6.07) is 3.40. The van der Waals surface area contributed by atoms with Gasteiger partial charge < -0.3 is 16.4 Å². The predicted molar refractivity (Wildman–Crippen MR) is 264 cm³/mol. The number of nitrogens with two attached hydrogens (primary N) is 2. The molecule has 0 fully saturated rings. The third-order valence-corrected chi connectivity index (χ3v) is 14.1. The molecule has 0 atom stereocenters. The van der Waals surface area contributed by atoms with Gasteiger partial charge in [-0.05, 0) is 117 Å². The summed E-state index contributed by atoms with van der Waals surface area (Å²) in [7, 11) is 5.23.